The first-order valence-corrected chi connectivity index (χ1v) is 11.9. The molecule has 0 saturated carbocycles. The van der Waals surface area contributed by atoms with Crippen LogP contribution in [0.5, 0.6) is 5.75 Å². The highest BCUT2D eigenvalue weighted by Gasteiger charge is 2.30. The van der Waals surface area contributed by atoms with Crippen LogP contribution in [0.2, 0.25) is 0 Å². The Labute approximate surface area is 196 Å². The van der Waals surface area contributed by atoms with Gasteiger partial charge in [0.05, 0.1) is 29.3 Å². The van der Waals surface area contributed by atoms with Crippen LogP contribution >= 0.6 is 0 Å². The first kappa shape index (κ1) is 21.6. The highest BCUT2D eigenvalue weighted by molar-refractivity contribution is 7.92. The highest BCUT2D eigenvalue weighted by Crippen LogP contribution is 2.35. The second-order valence-electron chi connectivity index (χ2n) is 7.75. The standard InChI is InChI=1S/C25H21N5O3S/c1-16-6-5-7-17(14-16)15-27-30-24(26)23(34(31,32)19-12-10-18(33-2)11-13-19)22-25(30)29-21-9-4-3-8-20(21)28-22/h3-15H,26H2,1-2H3/b27-15-. The molecule has 3 aromatic carbocycles. The van der Waals surface area contributed by atoms with E-state index < -0.39 is 9.84 Å². The Morgan fingerprint density at radius 1 is 0.971 bits per heavy atom. The van der Waals surface area contributed by atoms with Crippen LogP contribution in [0.1, 0.15) is 11.1 Å². The van der Waals surface area contributed by atoms with Crippen LogP contribution in [0.4, 0.5) is 5.82 Å². The second kappa shape index (κ2) is 8.27. The monoisotopic (exact) mass is 471 g/mol. The molecule has 9 heteroatoms. The molecule has 0 unspecified atom stereocenters. The number of hydrogen-bond donors (Lipinski definition) is 1. The van der Waals surface area contributed by atoms with Gasteiger partial charge in [-0.25, -0.2) is 18.4 Å². The molecule has 0 fully saturated rings. The number of hydrogen-bond acceptors (Lipinski definition) is 7. The lowest BCUT2D eigenvalue weighted by Crippen LogP contribution is -2.06. The van der Waals surface area contributed by atoms with Crippen molar-refractivity contribution in [1.82, 2.24) is 14.6 Å². The number of para-hydroxylation sites is 2. The zero-order chi connectivity index (χ0) is 23.9. The summed E-state index contributed by atoms with van der Waals surface area (Å²) in [4.78, 5) is 9.19. The summed E-state index contributed by atoms with van der Waals surface area (Å²) in [6, 6.07) is 21.1. The smallest absolute Gasteiger partial charge is 0.212 e. The van der Waals surface area contributed by atoms with Gasteiger partial charge < -0.3 is 10.5 Å². The molecule has 0 radical (unpaired) electrons. The molecule has 0 amide bonds. The second-order valence-corrected chi connectivity index (χ2v) is 9.63. The average molecular weight is 472 g/mol. The maximum Gasteiger partial charge on any atom is 0.212 e. The number of rotatable bonds is 5. The van der Waals surface area contributed by atoms with Crippen LogP contribution < -0.4 is 10.5 Å². The van der Waals surface area contributed by atoms with E-state index in [2.05, 4.69) is 15.1 Å². The minimum atomic E-state index is -4.04. The van der Waals surface area contributed by atoms with Gasteiger partial charge in [-0.15, -0.1) is 0 Å². The maximum absolute atomic E-state index is 13.7. The average Bonchev–Trinajstić information content (AvgIpc) is 3.12. The molecule has 5 rings (SSSR count). The third-order valence-electron chi connectivity index (χ3n) is 5.43. The molecular weight excluding hydrogens is 450 g/mol. The van der Waals surface area contributed by atoms with Gasteiger partial charge in [0.1, 0.15) is 22.0 Å². The van der Waals surface area contributed by atoms with Crippen molar-refractivity contribution in [3.63, 3.8) is 0 Å². The normalized spacial score (nSPS) is 12.1. The van der Waals surface area contributed by atoms with E-state index in [4.69, 9.17) is 10.5 Å². The van der Waals surface area contributed by atoms with Crippen molar-refractivity contribution in [3.8, 4) is 5.75 Å². The summed E-state index contributed by atoms with van der Waals surface area (Å²) >= 11 is 0. The zero-order valence-electron chi connectivity index (χ0n) is 18.5. The molecule has 2 N–H and O–H groups in total. The van der Waals surface area contributed by atoms with Crippen molar-refractivity contribution in [2.75, 3.05) is 12.8 Å². The quantitative estimate of drug-likeness (QED) is 0.385. The van der Waals surface area contributed by atoms with Gasteiger partial charge in [0.2, 0.25) is 9.84 Å². The van der Waals surface area contributed by atoms with Crippen molar-refractivity contribution >= 4 is 44.1 Å². The van der Waals surface area contributed by atoms with Gasteiger partial charge >= 0.3 is 0 Å². The van der Waals surface area contributed by atoms with Gasteiger partial charge in [-0.3, -0.25) is 0 Å². The van der Waals surface area contributed by atoms with E-state index in [0.29, 0.717) is 16.8 Å². The lowest BCUT2D eigenvalue weighted by molar-refractivity contribution is 0.414. The summed E-state index contributed by atoms with van der Waals surface area (Å²) in [5.41, 5.74) is 9.91. The molecule has 0 aliphatic heterocycles. The summed E-state index contributed by atoms with van der Waals surface area (Å²) in [6.45, 7) is 1.98. The first-order chi connectivity index (χ1) is 16.4. The molecular formula is C25H21N5O3S. The topological polar surface area (TPSA) is 112 Å². The molecule has 0 spiro atoms. The predicted octanol–water partition coefficient (Wildman–Crippen LogP) is 4.20. The zero-order valence-corrected chi connectivity index (χ0v) is 19.3. The van der Waals surface area contributed by atoms with Crippen LogP contribution in [-0.4, -0.2) is 36.4 Å². The number of anilines is 1. The fraction of sp³-hybridized carbons (Fsp3) is 0.0800. The number of nitrogen functional groups attached to an aromatic ring is 1. The van der Waals surface area contributed by atoms with E-state index in [9.17, 15) is 8.42 Å². The lowest BCUT2D eigenvalue weighted by Gasteiger charge is -2.06. The molecule has 8 nitrogen and oxygen atoms in total. The number of methoxy groups -OCH3 is 1. The summed E-state index contributed by atoms with van der Waals surface area (Å²) in [6.07, 6.45) is 1.61. The van der Waals surface area contributed by atoms with Crippen molar-refractivity contribution in [2.45, 2.75) is 16.7 Å². The first-order valence-electron chi connectivity index (χ1n) is 10.5. The Morgan fingerprint density at radius 3 is 2.35 bits per heavy atom. The van der Waals surface area contributed by atoms with Crippen LogP contribution in [-0.2, 0) is 9.84 Å². The van der Waals surface area contributed by atoms with Crippen molar-refractivity contribution in [2.24, 2.45) is 5.10 Å². The number of aromatic nitrogens is 3. The van der Waals surface area contributed by atoms with Gasteiger partial charge in [-0.2, -0.15) is 9.78 Å². The van der Waals surface area contributed by atoms with Gasteiger partial charge in [0, 0.05) is 0 Å². The van der Waals surface area contributed by atoms with Gasteiger partial charge in [0.15, 0.2) is 5.65 Å². The molecule has 170 valence electrons. The third-order valence-corrected chi connectivity index (χ3v) is 7.26. The van der Waals surface area contributed by atoms with E-state index in [1.165, 1.54) is 23.9 Å². The molecule has 0 bridgehead atoms. The van der Waals surface area contributed by atoms with E-state index >= 15 is 0 Å². The van der Waals surface area contributed by atoms with E-state index in [1.54, 1.807) is 30.5 Å². The number of fused-ring (bicyclic) bond motifs is 2. The van der Waals surface area contributed by atoms with Crippen LogP contribution in [0, 0.1) is 6.92 Å². The van der Waals surface area contributed by atoms with Crippen LogP contribution in [0.25, 0.3) is 22.2 Å². The Kier molecular flexibility index (Phi) is 5.25. The largest absolute Gasteiger partial charge is 0.497 e. The Hall–Kier alpha value is -4.24. The fourth-order valence-electron chi connectivity index (χ4n) is 3.75. The summed E-state index contributed by atoms with van der Waals surface area (Å²) in [5.74, 6) is 0.480. The minimum absolute atomic E-state index is 0.0648. The van der Waals surface area contributed by atoms with Crippen molar-refractivity contribution in [1.29, 1.82) is 0 Å². The molecule has 0 atom stereocenters. The molecule has 0 saturated heterocycles. The van der Waals surface area contributed by atoms with Gasteiger partial charge in [-0.05, 0) is 48.9 Å². The van der Waals surface area contributed by atoms with Crippen LogP contribution in [0.15, 0.2) is 87.7 Å². The summed E-state index contributed by atoms with van der Waals surface area (Å²) in [7, 11) is -2.52. The SMILES string of the molecule is COc1ccc(S(=O)(=O)c2c(N)n(/N=C\c3cccc(C)c3)c3nc4ccccc4nc23)cc1. The molecule has 2 aromatic heterocycles. The molecule has 0 aliphatic carbocycles. The summed E-state index contributed by atoms with van der Waals surface area (Å²) < 4.78 is 33.8. The minimum Gasteiger partial charge on any atom is -0.497 e. The Balaban J connectivity index is 1.77. The number of ether oxygens (including phenoxy) is 1. The van der Waals surface area contributed by atoms with Crippen molar-refractivity contribution < 1.29 is 13.2 Å². The van der Waals surface area contributed by atoms with Gasteiger partial charge in [-0.1, -0.05) is 42.0 Å². The Morgan fingerprint density at radius 2 is 1.68 bits per heavy atom. The number of nitrogens with two attached hydrogens (primary N) is 1. The maximum atomic E-state index is 13.7. The Bertz CT molecular complexity index is 1670. The van der Waals surface area contributed by atoms with E-state index in [0.717, 1.165) is 11.1 Å². The fourth-order valence-corrected chi connectivity index (χ4v) is 5.24. The third kappa shape index (κ3) is 3.65. The molecule has 0 aliphatic rings. The summed E-state index contributed by atoms with van der Waals surface area (Å²) in [5, 5.41) is 4.49. The van der Waals surface area contributed by atoms with E-state index in [-0.39, 0.29) is 26.8 Å². The number of sulfone groups is 1. The number of aryl methyl sites for hydroxylation is 1. The van der Waals surface area contributed by atoms with Gasteiger partial charge in [0.25, 0.3) is 0 Å². The number of nitrogens with zero attached hydrogens (tertiary/aromatic N) is 4. The van der Waals surface area contributed by atoms with Crippen LogP contribution in [0.3, 0.4) is 0 Å². The highest BCUT2D eigenvalue weighted by atomic mass is 32.2. The van der Waals surface area contributed by atoms with Crippen molar-refractivity contribution in [3.05, 3.63) is 83.9 Å². The predicted molar refractivity (Wildman–Crippen MR) is 132 cm³/mol. The molecule has 34 heavy (non-hydrogen) atoms. The molecule has 5 aromatic rings. The van der Waals surface area contributed by atoms with E-state index in [1.807, 2.05) is 43.3 Å². The molecule has 2 heterocycles. The number of benzene rings is 3. The lowest BCUT2D eigenvalue weighted by atomic mass is 10.2.